The summed E-state index contributed by atoms with van der Waals surface area (Å²) in [6.07, 6.45) is 2.52. The minimum Gasteiger partial charge on any atom is -0.493 e. The smallest absolute Gasteiger partial charge is 0.293 e. The van der Waals surface area contributed by atoms with Crippen molar-refractivity contribution in [1.29, 1.82) is 0 Å². The molecule has 3 rings (SSSR count). The molecule has 10 heteroatoms. The third-order valence-electron chi connectivity index (χ3n) is 3.91. The lowest BCUT2D eigenvalue weighted by molar-refractivity contribution is -0.118. The van der Waals surface area contributed by atoms with Gasteiger partial charge in [0.05, 0.1) is 13.3 Å². The fourth-order valence-electron chi connectivity index (χ4n) is 2.53. The molecular weight excluding hydrogens is 406 g/mol. The van der Waals surface area contributed by atoms with Crippen LogP contribution in [0.1, 0.15) is 11.1 Å². The molecule has 1 aromatic heterocycles. The van der Waals surface area contributed by atoms with E-state index in [1.807, 2.05) is 25.1 Å². The number of aryl methyl sites for hydroxylation is 1. The molecule has 1 heterocycles. The number of aromatic nitrogens is 3. The van der Waals surface area contributed by atoms with Gasteiger partial charge >= 0.3 is 0 Å². The van der Waals surface area contributed by atoms with Crippen molar-refractivity contribution in [1.82, 2.24) is 14.9 Å². The number of aromatic amines is 1. The molecule has 0 fully saturated rings. The standard InChI is InChI=1S/C20H19N5O4S/c1-13-4-3-5-15(8-13)23-18(26)12-29-16-7-6-14(9-17(16)28-2)10-22-25-19(27)11-21-24-20(25)30/h3-11H,12H2,1-2H3,(H,23,26)(H,24,30)/b22-10+. The van der Waals surface area contributed by atoms with Crippen molar-refractivity contribution in [3.8, 4) is 11.5 Å². The predicted molar refractivity (Wildman–Crippen MR) is 115 cm³/mol. The molecule has 154 valence electrons. The lowest BCUT2D eigenvalue weighted by Gasteiger charge is -2.11. The molecule has 30 heavy (non-hydrogen) atoms. The van der Waals surface area contributed by atoms with Crippen LogP contribution in [0.15, 0.2) is 58.6 Å². The topological polar surface area (TPSA) is 111 Å². The Kier molecular flexibility index (Phi) is 6.71. The third-order valence-corrected chi connectivity index (χ3v) is 4.17. The first-order chi connectivity index (χ1) is 14.5. The van der Waals surface area contributed by atoms with E-state index in [0.29, 0.717) is 22.7 Å². The van der Waals surface area contributed by atoms with E-state index < -0.39 is 5.56 Å². The van der Waals surface area contributed by atoms with Gasteiger partial charge in [0.1, 0.15) is 6.20 Å². The summed E-state index contributed by atoms with van der Waals surface area (Å²) in [5.41, 5.74) is 1.93. The van der Waals surface area contributed by atoms with Crippen molar-refractivity contribution < 1.29 is 14.3 Å². The predicted octanol–water partition coefficient (Wildman–Crippen LogP) is 2.52. The number of hydrogen-bond donors (Lipinski definition) is 2. The molecule has 0 aliphatic heterocycles. The number of anilines is 1. The van der Waals surface area contributed by atoms with Crippen LogP contribution in [-0.4, -0.2) is 40.7 Å². The van der Waals surface area contributed by atoms with E-state index in [9.17, 15) is 9.59 Å². The van der Waals surface area contributed by atoms with Gasteiger partial charge in [-0.3, -0.25) is 14.7 Å². The average molecular weight is 425 g/mol. The minimum absolute atomic E-state index is 0.0743. The highest BCUT2D eigenvalue weighted by atomic mass is 32.1. The Labute approximate surface area is 177 Å². The molecule has 3 aromatic rings. The highest BCUT2D eigenvalue weighted by molar-refractivity contribution is 7.71. The molecule has 0 atom stereocenters. The second-order valence-electron chi connectivity index (χ2n) is 6.19. The highest BCUT2D eigenvalue weighted by Gasteiger charge is 2.09. The van der Waals surface area contributed by atoms with Crippen LogP contribution in [-0.2, 0) is 4.79 Å². The first kappa shape index (κ1) is 20.9. The number of rotatable bonds is 7. The molecule has 2 N–H and O–H groups in total. The van der Waals surface area contributed by atoms with E-state index in [-0.39, 0.29) is 17.3 Å². The third kappa shape index (κ3) is 5.39. The Bertz CT molecular complexity index is 1170. The van der Waals surface area contributed by atoms with Gasteiger partial charge in [0.25, 0.3) is 11.5 Å². The summed E-state index contributed by atoms with van der Waals surface area (Å²) in [6, 6.07) is 12.5. The molecule has 0 aliphatic carbocycles. The number of H-pyrrole nitrogens is 1. The maximum absolute atomic E-state index is 12.1. The van der Waals surface area contributed by atoms with Crippen LogP contribution in [0.4, 0.5) is 5.69 Å². The van der Waals surface area contributed by atoms with Crippen LogP contribution in [0.25, 0.3) is 0 Å². The van der Waals surface area contributed by atoms with Gasteiger partial charge in [0.2, 0.25) is 4.77 Å². The van der Waals surface area contributed by atoms with Gasteiger partial charge < -0.3 is 14.8 Å². The lowest BCUT2D eigenvalue weighted by atomic mass is 10.2. The van der Waals surface area contributed by atoms with Crippen LogP contribution >= 0.6 is 12.2 Å². The molecule has 2 aromatic carbocycles. The van der Waals surface area contributed by atoms with Gasteiger partial charge in [-0.15, -0.1) is 0 Å². The normalized spacial score (nSPS) is 10.7. The molecule has 1 amide bonds. The van der Waals surface area contributed by atoms with Gasteiger partial charge in [0.15, 0.2) is 18.1 Å². The summed E-state index contributed by atoms with van der Waals surface area (Å²) in [4.78, 5) is 23.9. The van der Waals surface area contributed by atoms with Gasteiger partial charge in [-0.2, -0.15) is 14.9 Å². The molecule has 0 saturated heterocycles. The van der Waals surface area contributed by atoms with Crippen molar-refractivity contribution in [2.45, 2.75) is 6.92 Å². The van der Waals surface area contributed by atoms with E-state index in [4.69, 9.17) is 21.7 Å². The van der Waals surface area contributed by atoms with Gasteiger partial charge in [-0.05, 0) is 60.6 Å². The number of nitrogens with zero attached hydrogens (tertiary/aromatic N) is 3. The Hall–Kier alpha value is -3.79. The van der Waals surface area contributed by atoms with E-state index in [2.05, 4.69) is 20.6 Å². The largest absolute Gasteiger partial charge is 0.493 e. The van der Waals surface area contributed by atoms with E-state index in [0.717, 1.165) is 16.4 Å². The van der Waals surface area contributed by atoms with Gasteiger partial charge in [0, 0.05) is 5.69 Å². The average Bonchev–Trinajstić information content (AvgIpc) is 2.72. The molecule has 0 aliphatic rings. The summed E-state index contributed by atoms with van der Waals surface area (Å²) in [7, 11) is 1.49. The number of carbonyl (C=O) groups is 1. The summed E-state index contributed by atoms with van der Waals surface area (Å²) in [6.45, 7) is 1.76. The molecule has 0 bridgehead atoms. The van der Waals surface area contributed by atoms with Crippen LogP contribution < -0.4 is 20.3 Å². The van der Waals surface area contributed by atoms with E-state index in [1.54, 1.807) is 24.3 Å². The van der Waals surface area contributed by atoms with E-state index in [1.165, 1.54) is 13.3 Å². The zero-order valence-corrected chi connectivity index (χ0v) is 17.1. The van der Waals surface area contributed by atoms with E-state index >= 15 is 0 Å². The van der Waals surface area contributed by atoms with Gasteiger partial charge in [-0.25, -0.2) is 0 Å². The van der Waals surface area contributed by atoms with Crippen LogP contribution in [0.2, 0.25) is 0 Å². The highest BCUT2D eigenvalue weighted by Crippen LogP contribution is 2.27. The van der Waals surface area contributed by atoms with Crippen molar-refractivity contribution in [3.63, 3.8) is 0 Å². The maximum Gasteiger partial charge on any atom is 0.293 e. The minimum atomic E-state index is -0.457. The van der Waals surface area contributed by atoms with Crippen molar-refractivity contribution in [3.05, 3.63) is 74.9 Å². The number of ether oxygens (including phenoxy) is 2. The number of benzene rings is 2. The van der Waals surface area contributed by atoms with Crippen molar-refractivity contribution >= 4 is 30.0 Å². The number of carbonyl (C=O) groups excluding carboxylic acids is 1. The fraction of sp³-hybridized carbons (Fsp3) is 0.150. The first-order valence-corrected chi connectivity index (χ1v) is 9.25. The second-order valence-corrected chi connectivity index (χ2v) is 6.57. The zero-order chi connectivity index (χ0) is 21.5. The molecule has 0 unspecified atom stereocenters. The number of nitrogens with one attached hydrogen (secondary N) is 2. The first-order valence-electron chi connectivity index (χ1n) is 8.85. The molecule has 0 saturated carbocycles. The quantitative estimate of drug-likeness (QED) is 0.445. The number of hydrogen-bond acceptors (Lipinski definition) is 7. The maximum atomic E-state index is 12.1. The lowest BCUT2D eigenvalue weighted by Crippen LogP contribution is -2.20. The monoisotopic (exact) mass is 425 g/mol. The molecule has 0 radical (unpaired) electrons. The summed E-state index contributed by atoms with van der Waals surface area (Å²) in [5, 5.41) is 12.9. The van der Waals surface area contributed by atoms with Crippen molar-refractivity contribution in [2.24, 2.45) is 5.10 Å². The second kappa shape index (κ2) is 9.61. The Morgan fingerprint density at radius 3 is 2.87 bits per heavy atom. The SMILES string of the molecule is COc1cc(/C=N/n2c(=O)cn[nH]c2=S)ccc1OCC(=O)Nc1cccc(C)c1. The summed E-state index contributed by atoms with van der Waals surface area (Å²) in [5.74, 6) is 0.515. The Balaban J connectivity index is 1.68. The number of methoxy groups -OCH3 is 1. The van der Waals surface area contributed by atoms with Crippen LogP contribution in [0.5, 0.6) is 11.5 Å². The fourth-order valence-corrected chi connectivity index (χ4v) is 2.72. The van der Waals surface area contributed by atoms with Crippen LogP contribution in [0, 0.1) is 11.7 Å². The van der Waals surface area contributed by atoms with Crippen molar-refractivity contribution in [2.75, 3.05) is 19.0 Å². The summed E-state index contributed by atoms with van der Waals surface area (Å²) < 4.78 is 12.0. The Morgan fingerprint density at radius 1 is 1.30 bits per heavy atom. The molecular formula is C20H19N5O4S. The Morgan fingerprint density at radius 2 is 2.13 bits per heavy atom. The molecule has 9 nitrogen and oxygen atoms in total. The zero-order valence-electron chi connectivity index (χ0n) is 16.3. The molecule has 0 spiro atoms. The van der Waals surface area contributed by atoms with Gasteiger partial charge in [-0.1, -0.05) is 12.1 Å². The summed E-state index contributed by atoms with van der Waals surface area (Å²) >= 11 is 4.99. The van der Waals surface area contributed by atoms with Crippen LogP contribution in [0.3, 0.4) is 0 Å². The number of amides is 1.